The third-order valence-corrected chi connectivity index (χ3v) is 4.18. The Balaban J connectivity index is 1.80. The first-order chi connectivity index (χ1) is 12.9. The number of carbonyl (C=O) groups excluding carboxylic acids is 2. The molecule has 0 saturated carbocycles. The molecule has 0 aromatic heterocycles. The summed E-state index contributed by atoms with van der Waals surface area (Å²) in [5.41, 5.74) is 2.10. The highest BCUT2D eigenvalue weighted by atomic mass is 79.9. The molecule has 0 fully saturated rings. The second-order valence-corrected chi connectivity index (χ2v) is 7.11. The van der Waals surface area contributed by atoms with Crippen LogP contribution in [0.25, 0.3) is 6.08 Å². The monoisotopic (exact) mass is 427 g/mol. The van der Waals surface area contributed by atoms with E-state index in [-0.39, 0.29) is 12.0 Å². The zero-order valence-corrected chi connectivity index (χ0v) is 16.4. The van der Waals surface area contributed by atoms with Crippen LogP contribution in [0.5, 0.6) is 5.75 Å². The van der Waals surface area contributed by atoms with E-state index in [9.17, 15) is 9.59 Å². The van der Waals surface area contributed by atoms with Gasteiger partial charge in [-0.3, -0.25) is 4.79 Å². The molecule has 0 atom stereocenters. The molecule has 0 saturated heterocycles. The van der Waals surface area contributed by atoms with Gasteiger partial charge in [0.05, 0.1) is 17.9 Å². The number of benzene rings is 2. The van der Waals surface area contributed by atoms with Crippen molar-refractivity contribution in [2.75, 3.05) is 5.32 Å². The number of esters is 1. The molecular weight excluding hydrogens is 410 g/mol. The SMILES string of the molecule is CC(C)OC(=O)c1cccc(NC(=O)C2=Cc3cc(Br)ccc3OC=C2)c1. The van der Waals surface area contributed by atoms with Gasteiger partial charge < -0.3 is 14.8 Å². The zero-order valence-electron chi connectivity index (χ0n) is 14.9. The van der Waals surface area contributed by atoms with Crippen molar-refractivity contribution >= 4 is 39.6 Å². The predicted molar refractivity (Wildman–Crippen MR) is 108 cm³/mol. The molecule has 2 aromatic rings. The number of ether oxygens (including phenoxy) is 2. The van der Waals surface area contributed by atoms with Gasteiger partial charge in [0.15, 0.2) is 0 Å². The van der Waals surface area contributed by atoms with Gasteiger partial charge in [0.1, 0.15) is 5.75 Å². The lowest BCUT2D eigenvalue weighted by Gasteiger charge is -2.10. The summed E-state index contributed by atoms with van der Waals surface area (Å²) in [6.45, 7) is 3.57. The number of rotatable bonds is 4. The first-order valence-electron chi connectivity index (χ1n) is 8.39. The molecule has 1 N–H and O–H groups in total. The molecule has 0 aliphatic carbocycles. The standard InChI is InChI=1S/C21H18BrNO4/c1-13(2)27-21(25)15-4-3-5-18(12-15)23-20(24)14-8-9-26-19-7-6-17(22)11-16(19)10-14/h3-13H,1-2H3,(H,23,24). The average molecular weight is 428 g/mol. The number of fused-ring (bicyclic) bond motifs is 1. The molecular formula is C21H18BrNO4. The largest absolute Gasteiger partial charge is 0.464 e. The second kappa shape index (κ2) is 8.22. The zero-order chi connectivity index (χ0) is 19.4. The summed E-state index contributed by atoms with van der Waals surface area (Å²) in [7, 11) is 0. The van der Waals surface area contributed by atoms with E-state index in [4.69, 9.17) is 9.47 Å². The number of nitrogens with one attached hydrogen (secondary N) is 1. The van der Waals surface area contributed by atoms with Crippen molar-refractivity contribution in [3.8, 4) is 5.75 Å². The Morgan fingerprint density at radius 2 is 1.96 bits per heavy atom. The molecule has 0 spiro atoms. The van der Waals surface area contributed by atoms with Gasteiger partial charge in [-0.15, -0.1) is 0 Å². The van der Waals surface area contributed by atoms with E-state index >= 15 is 0 Å². The van der Waals surface area contributed by atoms with Gasteiger partial charge in [0.2, 0.25) is 0 Å². The van der Waals surface area contributed by atoms with Gasteiger partial charge in [-0.1, -0.05) is 22.0 Å². The van der Waals surface area contributed by atoms with Crippen molar-refractivity contribution < 1.29 is 19.1 Å². The lowest BCUT2D eigenvalue weighted by molar-refractivity contribution is -0.112. The van der Waals surface area contributed by atoms with Crippen LogP contribution in [0.1, 0.15) is 29.8 Å². The minimum atomic E-state index is -0.429. The summed E-state index contributed by atoms with van der Waals surface area (Å²) in [5, 5.41) is 2.80. The molecule has 1 aliphatic heterocycles. The number of halogens is 1. The molecule has 1 heterocycles. The third kappa shape index (κ3) is 4.86. The topological polar surface area (TPSA) is 64.6 Å². The van der Waals surface area contributed by atoms with Gasteiger partial charge in [-0.05, 0) is 62.4 Å². The first-order valence-corrected chi connectivity index (χ1v) is 9.18. The smallest absolute Gasteiger partial charge is 0.338 e. The Labute approximate surface area is 165 Å². The molecule has 5 nitrogen and oxygen atoms in total. The highest BCUT2D eigenvalue weighted by Crippen LogP contribution is 2.28. The van der Waals surface area contributed by atoms with Crippen molar-refractivity contribution in [3.63, 3.8) is 0 Å². The number of hydrogen-bond donors (Lipinski definition) is 1. The number of anilines is 1. The van der Waals surface area contributed by atoms with E-state index in [2.05, 4.69) is 21.2 Å². The van der Waals surface area contributed by atoms with Crippen LogP contribution in [0.2, 0.25) is 0 Å². The lowest BCUT2D eigenvalue weighted by Crippen LogP contribution is -2.15. The van der Waals surface area contributed by atoms with E-state index in [0.717, 1.165) is 10.0 Å². The molecule has 3 rings (SSSR count). The highest BCUT2D eigenvalue weighted by Gasteiger charge is 2.14. The number of hydrogen-bond acceptors (Lipinski definition) is 4. The van der Waals surface area contributed by atoms with Gasteiger partial charge in [-0.25, -0.2) is 4.79 Å². The van der Waals surface area contributed by atoms with Crippen LogP contribution in [0, 0.1) is 0 Å². The van der Waals surface area contributed by atoms with Crippen molar-refractivity contribution in [2.45, 2.75) is 20.0 Å². The van der Waals surface area contributed by atoms with Crippen LogP contribution in [0.3, 0.4) is 0 Å². The molecule has 1 amide bonds. The van der Waals surface area contributed by atoms with Crippen molar-refractivity contribution in [3.05, 3.63) is 76.0 Å². The third-order valence-electron chi connectivity index (χ3n) is 3.69. The van der Waals surface area contributed by atoms with E-state index in [1.807, 2.05) is 18.2 Å². The van der Waals surface area contributed by atoms with Gasteiger partial charge in [-0.2, -0.15) is 0 Å². The Morgan fingerprint density at radius 1 is 1.15 bits per heavy atom. The van der Waals surface area contributed by atoms with Gasteiger partial charge in [0.25, 0.3) is 5.91 Å². The van der Waals surface area contributed by atoms with Crippen LogP contribution in [-0.2, 0) is 9.53 Å². The van der Waals surface area contributed by atoms with Crippen molar-refractivity contribution in [1.29, 1.82) is 0 Å². The minimum absolute atomic E-state index is 0.212. The summed E-state index contributed by atoms with van der Waals surface area (Å²) in [5.74, 6) is -0.0745. The summed E-state index contributed by atoms with van der Waals surface area (Å²) in [6.07, 6.45) is 4.61. The second-order valence-electron chi connectivity index (χ2n) is 6.19. The van der Waals surface area contributed by atoms with Crippen LogP contribution in [0.4, 0.5) is 5.69 Å². The van der Waals surface area contributed by atoms with Gasteiger partial charge in [0, 0.05) is 21.3 Å². The van der Waals surface area contributed by atoms with Crippen LogP contribution in [-0.4, -0.2) is 18.0 Å². The maximum atomic E-state index is 12.7. The predicted octanol–water partition coefficient (Wildman–Crippen LogP) is 4.94. The molecule has 0 radical (unpaired) electrons. The summed E-state index contributed by atoms with van der Waals surface area (Å²) in [4.78, 5) is 24.7. The van der Waals surface area contributed by atoms with E-state index in [1.54, 1.807) is 50.3 Å². The highest BCUT2D eigenvalue weighted by molar-refractivity contribution is 9.10. The molecule has 0 bridgehead atoms. The van der Waals surface area contributed by atoms with Crippen LogP contribution < -0.4 is 10.1 Å². The molecule has 138 valence electrons. The van der Waals surface area contributed by atoms with Crippen LogP contribution >= 0.6 is 15.9 Å². The maximum Gasteiger partial charge on any atom is 0.338 e. The lowest BCUT2D eigenvalue weighted by atomic mass is 10.1. The van der Waals surface area contributed by atoms with E-state index < -0.39 is 5.97 Å². The quantitative estimate of drug-likeness (QED) is 0.701. The van der Waals surface area contributed by atoms with Gasteiger partial charge >= 0.3 is 5.97 Å². The van der Waals surface area contributed by atoms with Crippen molar-refractivity contribution in [1.82, 2.24) is 0 Å². The fraction of sp³-hybridized carbons (Fsp3) is 0.143. The maximum absolute atomic E-state index is 12.7. The fourth-order valence-corrected chi connectivity index (χ4v) is 2.87. The number of amides is 1. The molecule has 6 heteroatoms. The van der Waals surface area contributed by atoms with Crippen molar-refractivity contribution in [2.24, 2.45) is 0 Å². The molecule has 0 unspecified atom stereocenters. The number of carbonyl (C=O) groups is 2. The Bertz CT molecular complexity index is 947. The summed E-state index contributed by atoms with van der Waals surface area (Å²) in [6, 6.07) is 12.2. The minimum Gasteiger partial charge on any atom is -0.464 e. The normalized spacial score (nSPS) is 12.5. The van der Waals surface area contributed by atoms with Crippen LogP contribution in [0.15, 0.2) is 64.8 Å². The fourth-order valence-electron chi connectivity index (χ4n) is 2.49. The molecule has 27 heavy (non-hydrogen) atoms. The Kier molecular flexibility index (Phi) is 5.76. The summed E-state index contributed by atoms with van der Waals surface area (Å²) < 4.78 is 11.6. The Hall–Kier alpha value is -2.86. The summed E-state index contributed by atoms with van der Waals surface area (Å²) >= 11 is 3.42. The molecule has 1 aliphatic rings. The Morgan fingerprint density at radius 3 is 2.74 bits per heavy atom. The van der Waals surface area contributed by atoms with E-state index in [1.165, 1.54) is 6.26 Å². The average Bonchev–Trinajstić information content (AvgIpc) is 2.83. The van der Waals surface area contributed by atoms with E-state index in [0.29, 0.717) is 22.6 Å². The molecule has 2 aromatic carbocycles. The first kappa shape index (κ1) is 18.9.